The standard InChI is InChI=1S/C14H17N3/c1-10(2)14-15-13-8-7-11-5-3-4-6-12(11)9-17(13)16-14/h3-6,10H,7-9H2,1-2H3. The van der Waals surface area contributed by atoms with E-state index in [1.165, 1.54) is 11.1 Å². The molecule has 0 bridgehead atoms. The molecule has 2 aromatic rings. The summed E-state index contributed by atoms with van der Waals surface area (Å²) in [5, 5.41) is 4.61. The summed E-state index contributed by atoms with van der Waals surface area (Å²) in [6, 6.07) is 8.62. The quantitative estimate of drug-likeness (QED) is 0.749. The Kier molecular flexibility index (Phi) is 2.46. The van der Waals surface area contributed by atoms with Crippen LogP contribution in [0.3, 0.4) is 0 Å². The first-order chi connectivity index (χ1) is 8.24. The molecule has 3 rings (SSSR count). The molecule has 3 heteroatoms. The normalized spacial score (nSPS) is 14.3. The van der Waals surface area contributed by atoms with E-state index in [-0.39, 0.29) is 0 Å². The molecule has 0 spiro atoms. The van der Waals surface area contributed by atoms with Crippen molar-refractivity contribution in [3.8, 4) is 0 Å². The molecule has 0 unspecified atom stereocenters. The Bertz CT molecular complexity index is 540. The van der Waals surface area contributed by atoms with E-state index in [0.717, 1.165) is 31.0 Å². The summed E-state index contributed by atoms with van der Waals surface area (Å²) in [5.74, 6) is 2.51. The first-order valence-corrected chi connectivity index (χ1v) is 6.24. The molecule has 0 N–H and O–H groups in total. The zero-order chi connectivity index (χ0) is 11.8. The van der Waals surface area contributed by atoms with Crippen LogP contribution >= 0.6 is 0 Å². The predicted octanol–water partition coefficient (Wildman–Crippen LogP) is 2.55. The van der Waals surface area contributed by atoms with Crippen LogP contribution in [0.2, 0.25) is 0 Å². The molecule has 0 aliphatic carbocycles. The maximum absolute atomic E-state index is 4.65. The van der Waals surface area contributed by atoms with E-state index in [4.69, 9.17) is 0 Å². The van der Waals surface area contributed by atoms with Gasteiger partial charge in [0.1, 0.15) is 5.82 Å². The minimum absolute atomic E-state index is 0.407. The molecule has 3 nitrogen and oxygen atoms in total. The van der Waals surface area contributed by atoms with Crippen LogP contribution in [0, 0.1) is 0 Å². The van der Waals surface area contributed by atoms with Gasteiger partial charge < -0.3 is 0 Å². The minimum Gasteiger partial charge on any atom is -0.245 e. The second-order valence-electron chi connectivity index (χ2n) is 4.97. The van der Waals surface area contributed by atoms with E-state index >= 15 is 0 Å². The lowest BCUT2D eigenvalue weighted by Crippen LogP contribution is -2.04. The van der Waals surface area contributed by atoms with E-state index in [2.05, 4.69) is 52.9 Å². The Morgan fingerprint density at radius 3 is 2.65 bits per heavy atom. The number of hydrogen-bond acceptors (Lipinski definition) is 2. The van der Waals surface area contributed by atoms with Gasteiger partial charge in [0, 0.05) is 12.3 Å². The average molecular weight is 227 g/mol. The van der Waals surface area contributed by atoms with Crippen molar-refractivity contribution in [2.24, 2.45) is 0 Å². The minimum atomic E-state index is 0.407. The average Bonchev–Trinajstić information content (AvgIpc) is 2.64. The summed E-state index contributed by atoms with van der Waals surface area (Å²) in [6.45, 7) is 5.15. The summed E-state index contributed by atoms with van der Waals surface area (Å²) < 4.78 is 2.07. The molecule has 0 saturated heterocycles. The fourth-order valence-corrected chi connectivity index (χ4v) is 2.31. The van der Waals surface area contributed by atoms with Gasteiger partial charge in [0.15, 0.2) is 5.82 Å². The lowest BCUT2D eigenvalue weighted by molar-refractivity contribution is 0.637. The fourth-order valence-electron chi connectivity index (χ4n) is 2.31. The molecule has 1 aromatic heterocycles. The van der Waals surface area contributed by atoms with Crippen LogP contribution in [0.1, 0.15) is 42.5 Å². The van der Waals surface area contributed by atoms with Crippen LogP contribution in [0.4, 0.5) is 0 Å². The summed E-state index contributed by atoms with van der Waals surface area (Å²) in [4.78, 5) is 4.65. The summed E-state index contributed by atoms with van der Waals surface area (Å²) >= 11 is 0. The maximum Gasteiger partial charge on any atom is 0.153 e. The van der Waals surface area contributed by atoms with E-state index in [0.29, 0.717) is 5.92 Å². The highest BCUT2D eigenvalue weighted by Crippen LogP contribution is 2.20. The predicted molar refractivity (Wildman–Crippen MR) is 67.1 cm³/mol. The zero-order valence-corrected chi connectivity index (χ0v) is 10.3. The van der Waals surface area contributed by atoms with Gasteiger partial charge in [-0.1, -0.05) is 38.1 Å². The second kappa shape index (κ2) is 3.99. The lowest BCUT2D eigenvalue weighted by atomic mass is 10.0. The molecule has 88 valence electrons. The fraction of sp³-hybridized carbons (Fsp3) is 0.429. The van der Waals surface area contributed by atoms with Gasteiger partial charge in [-0.3, -0.25) is 0 Å². The highest BCUT2D eigenvalue weighted by molar-refractivity contribution is 5.29. The van der Waals surface area contributed by atoms with Gasteiger partial charge in [-0.25, -0.2) is 9.67 Å². The Morgan fingerprint density at radius 2 is 1.88 bits per heavy atom. The molecule has 0 radical (unpaired) electrons. The summed E-state index contributed by atoms with van der Waals surface area (Å²) in [6.07, 6.45) is 2.07. The van der Waals surface area contributed by atoms with Crippen molar-refractivity contribution in [2.45, 2.75) is 39.2 Å². The van der Waals surface area contributed by atoms with Crippen molar-refractivity contribution in [1.29, 1.82) is 0 Å². The van der Waals surface area contributed by atoms with Crippen molar-refractivity contribution in [3.63, 3.8) is 0 Å². The molecule has 1 aliphatic heterocycles. The topological polar surface area (TPSA) is 30.7 Å². The molecule has 0 amide bonds. The number of hydrogen-bond donors (Lipinski definition) is 0. The molecule has 17 heavy (non-hydrogen) atoms. The van der Waals surface area contributed by atoms with E-state index in [1.54, 1.807) is 0 Å². The van der Waals surface area contributed by atoms with Crippen molar-refractivity contribution < 1.29 is 0 Å². The molecular formula is C14H17N3. The van der Waals surface area contributed by atoms with Crippen molar-refractivity contribution >= 4 is 0 Å². The molecular weight excluding hydrogens is 210 g/mol. The lowest BCUT2D eigenvalue weighted by Gasteiger charge is -2.04. The third kappa shape index (κ3) is 1.86. The SMILES string of the molecule is CC(C)c1nc2n(n1)Cc1ccccc1CC2. The van der Waals surface area contributed by atoms with Crippen molar-refractivity contribution in [1.82, 2.24) is 14.8 Å². The largest absolute Gasteiger partial charge is 0.245 e. The molecule has 0 fully saturated rings. The number of aromatic nitrogens is 3. The Hall–Kier alpha value is -1.64. The number of aryl methyl sites for hydroxylation is 2. The maximum atomic E-state index is 4.65. The third-order valence-electron chi connectivity index (χ3n) is 3.34. The third-order valence-corrected chi connectivity index (χ3v) is 3.34. The van der Waals surface area contributed by atoms with E-state index in [9.17, 15) is 0 Å². The number of benzene rings is 1. The molecule has 0 atom stereocenters. The Morgan fingerprint density at radius 1 is 1.12 bits per heavy atom. The van der Waals surface area contributed by atoms with Crippen LogP contribution in [-0.2, 0) is 19.4 Å². The van der Waals surface area contributed by atoms with Gasteiger partial charge in [-0.05, 0) is 17.5 Å². The molecule has 1 aliphatic rings. The van der Waals surface area contributed by atoms with E-state index in [1.807, 2.05) is 0 Å². The van der Waals surface area contributed by atoms with Crippen LogP contribution in [0.25, 0.3) is 0 Å². The van der Waals surface area contributed by atoms with Crippen LogP contribution in [0.5, 0.6) is 0 Å². The summed E-state index contributed by atoms with van der Waals surface area (Å²) in [7, 11) is 0. The highest BCUT2D eigenvalue weighted by atomic mass is 15.3. The summed E-state index contributed by atoms with van der Waals surface area (Å²) in [5.41, 5.74) is 2.82. The van der Waals surface area contributed by atoms with Crippen molar-refractivity contribution in [2.75, 3.05) is 0 Å². The Labute approximate surface area is 101 Å². The highest BCUT2D eigenvalue weighted by Gasteiger charge is 2.17. The second-order valence-corrected chi connectivity index (χ2v) is 4.97. The molecule has 1 aromatic carbocycles. The van der Waals surface area contributed by atoms with Gasteiger partial charge >= 0.3 is 0 Å². The molecule has 2 heterocycles. The monoisotopic (exact) mass is 227 g/mol. The van der Waals surface area contributed by atoms with Gasteiger partial charge in [-0.2, -0.15) is 5.10 Å². The van der Waals surface area contributed by atoms with Gasteiger partial charge in [0.25, 0.3) is 0 Å². The first kappa shape index (κ1) is 10.5. The van der Waals surface area contributed by atoms with E-state index < -0.39 is 0 Å². The number of rotatable bonds is 1. The van der Waals surface area contributed by atoms with Gasteiger partial charge in [-0.15, -0.1) is 0 Å². The van der Waals surface area contributed by atoms with Crippen LogP contribution in [0.15, 0.2) is 24.3 Å². The first-order valence-electron chi connectivity index (χ1n) is 6.24. The van der Waals surface area contributed by atoms with Gasteiger partial charge in [0.05, 0.1) is 6.54 Å². The molecule has 0 saturated carbocycles. The zero-order valence-electron chi connectivity index (χ0n) is 10.3. The number of fused-ring (bicyclic) bond motifs is 2. The van der Waals surface area contributed by atoms with Crippen molar-refractivity contribution in [3.05, 3.63) is 47.0 Å². The van der Waals surface area contributed by atoms with Crippen LogP contribution < -0.4 is 0 Å². The van der Waals surface area contributed by atoms with Gasteiger partial charge in [0.2, 0.25) is 0 Å². The number of nitrogens with zero attached hydrogens (tertiary/aromatic N) is 3. The Balaban J connectivity index is 2.01. The van der Waals surface area contributed by atoms with Crippen LogP contribution in [-0.4, -0.2) is 14.8 Å². The smallest absolute Gasteiger partial charge is 0.153 e.